The number of para-hydroxylation sites is 2. The lowest BCUT2D eigenvalue weighted by Gasteiger charge is -2.26. The van der Waals surface area contributed by atoms with Crippen molar-refractivity contribution in [2.45, 2.75) is 19.9 Å². The molecule has 1 aromatic heterocycles. The third kappa shape index (κ3) is 3.35. The van der Waals surface area contributed by atoms with Gasteiger partial charge in [0.25, 0.3) is 0 Å². The number of thiocarbonyl (C=S) groups is 1. The predicted molar refractivity (Wildman–Crippen MR) is 103 cm³/mol. The van der Waals surface area contributed by atoms with Crippen LogP contribution in [0.15, 0.2) is 48.5 Å². The number of nitrogens with one attached hydrogen (secondary N) is 1. The van der Waals surface area contributed by atoms with Gasteiger partial charge in [0.15, 0.2) is 5.11 Å². The third-order valence-electron chi connectivity index (χ3n) is 3.96. The first-order valence-corrected chi connectivity index (χ1v) is 8.73. The van der Waals surface area contributed by atoms with Crippen LogP contribution in [0.2, 0.25) is 0 Å². The average molecular weight is 342 g/mol. The third-order valence-corrected chi connectivity index (χ3v) is 5.55. The molecule has 0 bridgehead atoms. The number of fused-ring (bicyclic) bond motifs is 1. The van der Waals surface area contributed by atoms with Crippen LogP contribution in [-0.4, -0.2) is 22.0 Å². The van der Waals surface area contributed by atoms with Crippen molar-refractivity contribution in [2.75, 3.05) is 12.4 Å². The van der Waals surface area contributed by atoms with Gasteiger partial charge in [0.2, 0.25) is 0 Å². The van der Waals surface area contributed by atoms with Gasteiger partial charge in [-0.2, -0.15) is 0 Å². The van der Waals surface area contributed by atoms with E-state index in [9.17, 15) is 0 Å². The van der Waals surface area contributed by atoms with Crippen molar-refractivity contribution in [1.29, 1.82) is 0 Å². The number of nitrogens with zero attached hydrogens (tertiary/aromatic N) is 2. The van der Waals surface area contributed by atoms with Gasteiger partial charge in [-0.25, -0.2) is 4.98 Å². The second-order valence-corrected chi connectivity index (χ2v) is 7.00. The monoisotopic (exact) mass is 341 g/mol. The van der Waals surface area contributed by atoms with E-state index < -0.39 is 0 Å². The van der Waals surface area contributed by atoms with Gasteiger partial charge in [0.05, 0.1) is 16.3 Å². The SMILES string of the molecule is Cc1ccccc1NC(=S)N(C)[C@H](C)c1nc2ccccc2s1. The van der Waals surface area contributed by atoms with Gasteiger partial charge in [-0.05, 0) is 49.8 Å². The fourth-order valence-electron chi connectivity index (χ4n) is 2.33. The number of thiazole rings is 1. The molecule has 1 atom stereocenters. The van der Waals surface area contributed by atoms with E-state index in [0.29, 0.717) is 5.11 Å². The molecule has 0 aliphatic carbocycles. The molecule has 0 saturated carbocycles. The molecule has 5 heteroatoms. The normalized spacial score (nSPS) is 12.1. The number of benzene rings is 2. The first kappa shape index (κ1) is 15.9. The number of hydrogen-bond donors (Lipinski definition) is 1. The zero-order chi connectivity index (χ0) is 16.4. The molecule has 1 N–H and O–H groups in total. The molecule has 0 amide bonds. The molecular formula is C18H19N3S2. The van der Waals surface area contributed by atoms with Crippen LogP contribution in [0.5, 0.6) is 0 Å². The maximum atomic E-state index is 5.57. The number of aryl methyl sites for hydroxylation is 1. The van der Waals surface area contributed by atoms with Crippen LogP contribution >= 0.6 is 23.6 Å². The average Bonchev–Trinajstić information content (AvgIpc) is 2.99. The van der Waals surface area contributed by atoms with Gasteiger partial charge in [-0.3, -0.25) is 0 Å². The van der Waals surface area contributed by atoms with E-state index in [4.69, 9.17) is 17.2 Å². The van der Waals surface area contributed by atoms with Crippen molar-refractivity contribution in [3.05, 3.63) is 59.1 Å². The molecular weight excluding hydrogens is 322 g/mol. The second-order valence-electron chi connectivity index (χ2n) is 5.55. The van der Waals surface area contributed by atoms with E-state index in [-0.39, 0.29) is 6.04 Å². The van der Waals surface area contributed by atoms with E-state index in [1.807, 2.05) is 43.4 Å². The highest BCUT2D eigenvalue weighted by atomic mass is 32.1. The first-order chi connectivity index (χ1) is 11.1. The van der Waals surface area contributed by atoms with E-state index in [1.165, 1.54) is 10.3 Å². The highest BCUT2D eigenvalue weighted by Crippen LogP contribution is 2.29. The Morgan fingerprint density at radius 1 is 1.17 bits per heavy atom. The van der Waals surface area contributed by atoms with Crippen LogP contribution in [0.25, 0.3) is 10.2 Å². The Kier molecular flexibility index (Phi) is 4.59. The summed E-state index contributed by atoms with van der Waals surface area (Å²) < 4.78 is 1.21. The first-order valence-electron chi connectivity index (χ1n) is 7.51. The number of anilines is 1. The fraction of sp³-hybridized carbons (Fsp3) is 0.222. The van der Waals surface area contributed by atoms with Crippen LogP contribution in [-0.2, 0) is 0 Å². The molecule has 3 nitrogen and oxygen atoms in total. The van der Waals surface area contributed by atoms with Gasteiger partial charge >= 0.3 is 0 Å². The minimum atomic E-state index is 0.122. The van der Waals surface area contributed by atoms with Crippen LogP contribution in [0.1, 0.15) is 23.5 Å². The summed E-state index contributed by atoms with van der Waals surface area (Å²) in [5.41, 5.74) is 3.27. The van der Waals surface area contributed by atoms with Crippen molar-refractivity contribution >= 4 is 44.6 Å². The summed E-state index contributed by atoms with van der Waals surface area (Å²) in [5, 5.41) is 5.10. The molecule has 23 heavy (non-hydrogen) atoms. The molecule has 1 heterocycles. The van der Waals surface area contributed by atoms with E-state index in [0.717, 1.165) is 16.2 Å². The van der Waals surface area contributed by atoms with E-state index >= 15 is 0 Å². The molecule has 3 rings (SSSR count). The van der Waals surface area contributed by atoms with Gasteiger partial charge < -0.3 is 10.2 Å². The Morgan fingerprint density at radius 3 is 2.61 bits per heavy atom. The molecule has 0 radical (unpaired) electrons. The van der Waals surface area contributed by atoms with Crippen LogP contribution in [0, 0.1) is 6.92 Å². The molecule has 3 aromatic rings. The van der Waals surface area contributed by atoms with Crippen LogP contribution in [0.4, 0.5) is 5.69 Å². The van der Waals surface area contributed by atoms with Crippen molar-refractivity contribution in [3.8, 4) is 0 Å². The van der Waals surface area contributed by atoms with Crippen molar-refractivity contribution in [1.82, 2.24) is 9.88 Å². The maximum Gasteiger partial charge on any atom is 0.173 e. The molecule has 118 valence electrons. The topological polar surface area (TPSA) is 28.2 Å². The smallest absolute Gasteiger partial charge is 0.173 e. The molecule has 0 unspecified atom stereocenters. The summed E-state index contributed by atoms with van der Waals surface area (Å²) in [7, 11) is 2.00. The quantitative estimate of drug-likeness (QED) is 0.679. The summed E-state index contributed by atoms with van der Waals surface area (Å²) in [6.07, 6.45) is 0. The minimum absolute atomic E-state index is 0.122. The van der Waals surface area contributed by atoms with E-state index in [2.05, 4.69) is 36.2 Å². The predicted octanol–water partition coefficient (Wildman–Crippen LogP) is 4.99. The summed E-state index contributed by atoms with van der Waals surface area (Å²) >= 11 is 7.29. The largest absolute Gasteiger partial charge is 0.343 e. The van der Waals surface area contributed by atoms with Crippen molar-refractivity contribution < 1.29 is 0 Å². The maximum absolute atomic E-state index is 5.57. The van der Waals surface area contributed by atoms with E-state index in [1.54, 1.807) is 11.3 Å². The van der Waals surface area contributed by atoms with Gasteiger partial charge in [0.1, 0.15) is 5.01 Å². The van der Waals surface area contributed by atoms with Gasteiger partial charge in [-0.15, -0.1) is 11.3 Å². The van der Waals surface area contributed by atoms with Crippen molar-refractivity contribution in [2.24, 2.45) is 0 Å². The molecule has 2 aromatic carbocycles. The highest BCUT2D eigenvalue weighted by molar-refractivity contribution is 7.80. The lowest BCUT2D eigenvalue weighted by atomic mass is 10.2. The lowest BCUT2D eigenvalue weighted by Crippen LogP contribution is -2.33. The zero-order valence-corrected chi connectivity index (χ0v) is 15.0. The lowest BCUT2D eigenvalue weighted by molar-refractivity contribution is 0.407. The molecule has 0 aliphatic heterocycles. The number of rotatable bonds is 3. The Bertz CT molecular complexity index is 808. The summed E-state index contributed by atoms with van der Waals surface area (Å²) in [5.74, 6) is 0. The molecule has 0 aliphatic rings. The molecule has 0 spiro atoms. The highest BCUT2D eigenvalue weighted by Gasteiger charge is 2.18. The minimum Gasteiger partial charge on any atom is -0.343 e. The Labute approximate surface area is 146 Å². The zero-order valence-electron chi connectivity index (χ0n) is 13.4. The second kappa shape index (κ2) is 6.64. The Hall–Kier alpha value is -1.98. The number of hydrogen-bond acceptors (Lipinski definition) is 3. The van der Waals surface area contributed by atoms with Gasteiger partial charge in [0, 0.05) is 12.7 Å². The Balaban J connectivity index is 1.77. The fourth-order valence-corrected chi connectivity index (χ4v) is 3.66. The Morgan fingerprint density at radius 2 is 1.87 bits per heavy atom. The summed E-state index contributed by atoms with van der Waals surface area (Å²) in [6, 6.07) is 16.5. The molecule has 0 saturated heterocycles. The summed E-state index contributed by atoms with van der Waals surface area (Å²) in [4.78, 5) is 6.79. The van der Waals surface area contributed by atoms with Crippen molar-refractivity contribution in [3.63, 3.8) is 0 Å². The summed E-state index contributed by atoms with van der Waals surface area (Å²) in [6.45, 7) is 4.20. The molecule has 0 fully saturated rings. The van der Waals surface area contributed by atoms with Crippen LogP contribution < -0.4 is 5.32 Å². The van der Waals surface area contributed by atoms with Gasteiger partial charge in [-0.1, -0.05) is 30.3 Å². The van der Waals surface area contributed by atoms with Crippen LogP contribution in [0.3, 0.4) is 0 Å². The number of aromatic nitrogens is 1. The standard InChI is InChI=1S/C18H19N3S2/c1-12-8-4-5-9-14(12)20-18(22)21(3)13(2)17-19-15-10-6-7-11-16(15)23-17/h4-11,13H,1-3H3,(H,20,22)/t13-/m1/s1.